The Kier molecular flexibility index (Phi) is 9.81. The van der Waals surface area contributed by atoms with E-state index < -0.39 is 13.1 Å². The molecular weight excluding hydrogens is 710 g/mol. The number of pyridine rings is 3. The summed E-state index contributed by atoms with van der Waals surface area (Å²) in [4.78, 5) is 12.7. The van der Waals surface area contributed by atoms with E-state index in [2.05, 4.69) is 31.7 Å². The number of rotatable bonds is 4. The minimum absolute atomic E-state index is 0.305. The van der Waals surface area contributed by atoms with Crippen LogP contribution in [-0.2, 0) is 12.8 Å². The van der Waals surface area contributed by atoms with Crippen LogP contribution in [0.4, 0.5) is 33.5 Å². The predicted molar refractivity (Wildman–Crippen MR) is 211 cm³/mol. The molecule has 55 heavy (non-hydrogen) atoms. The van der Waals surface area contributed by atoms with Gasteiger partial charge in [0.15, 0.2) is 0 Å². The number of aromatic nitrogens is 5. The zero-order valence-corrected chi connectivity index (χ0v) is 30.3. The second kappa shape index (κ2) is 15.0. The molecule has 0 radical (unpaired) electrons. The lowest BCUT2D eigenvalue weighted by Crippen LogP contribution is -2.13. The lowest BCUT2D eigenvalue weighted by molar-refractivity contribution is 0.0791. The van der Waals surface area contributed by atoms with Crippen LogP contribution in [0.5, 0.6) is 0 Å². The van der Waals surface area contributed by atoms with E-state index in [1.54, 1.807) is 43.0 Å². The first-order valence-electron chi connectivity index (χ1n) is 18.5. The van der Waals surface area contributed by atoms with Gasteiger partial charge in [0.1, 0.15) is 11.6 Å². The zero-order chi connectivity index (χ0) is 38.2. The molecule has 280 valence electrons. The van der Waals surface area contributed by atoms with Crippen molar-refractivity contribution in [3.8, 4) is 22.3 Å². The maximum atomic E-state index is 14.5. The van der Waals surface area contributed by atoms with Gasteiger partial charge in [0.2, 0.25) is 0 Å². The van der Waals surface area contributed by atoms with E-state index in [9.17, 15) is 22.0 Å². The molecule has 0 fully saturated rings. The van der Waals surface area contributed by atoms with Crippen molar-refractivity contribution < 1.29 is 22.0 Å². The van der Waals surface area contributed by atoms with E-state index in [-0.39, 0.29) is 5.82 Å². The largest absolute Gasteiger partial charge is 0.382 e. The van der Waals surface area contributed by atoms with Gasteiger partial charge in [-0.1, -0.05) is 38.1 Å². The Bertz CT molecular complexity index is 2680. The second-order valence-corrected chi connectivity index (χ2v) is 13.3. The van der Waals surface area contributed by atoms with E-state index in [1.165, 1.54) is 17.8 Å². The zero-order valence-electron chi connectivity index (χ0n) is 30.3. The molecule has 2 N–H and O–H groups in total. The summed E-state index contributed by atoms with van der Waals surface area (Å²) in [5.74, 6) is 0.620. The Labute approximate surface area is 313 Å². The fourth-order valence-electron chi connectivity index (χ4n) is 7.79. The van der Waals surface area contributed by atoms with Crippen LogP contribution in [0.2, 0.25) is 0 Å². The van der Waals surface area contributed by atoms with Crippen molar-refractivity contribution in [1.29, 1.82) is 0 Å². The summed E-state index contributed by atoms with van der Waals surface area (Å²) in [6, 6.07) is 19.8. The van der Waals surface area contributed by atoms with Gasteiger partial charge in [0.05, 0.1) is 27.8 Å². The molecule has 5 aromatic heterocycles. The first kappa shape index (κ1) is 36.0. The smallest absolute Gasteiger partial charge is 0.319 e. The third-order valence-electron chi connectivity index (χ3n) is 10.2. The topological polar surface area (TPSA) is 72.6 Å². The average molecular weight is 748 g/mol. The number of aryl methyl sites for hydroxylation is 2. The molecule has 2 aliphatic rings. The molecule has 3 aromatic carbocycles. The van der Waals surface area contributed by atoms with Crippen LogP contribution in [-0.4, -0.2) is 37.2 Å². The number of hydrogen-bond donors (Lipinski definition) is 2. The van der Waals surface area contributed by atoms with Crippen LogP contribution in [0.1, 0.15) is 50.9 Å². The van der Waals surface area contributed by atoms with Gasteiger partial charge in [0, 0.05) is 71.2 Å². The molecule has 0 saturated heterocycles. The van der Waals surface area contributed by atoms with Crippen LogP contribution in [0.3, 0.4) is 0 Å². The van der Waals surface area contributed by atoms with Crippen molar-refractivity contribution in [3.63, 3.8) is 0 Å². The molecule has 10 rings (SSSR count). The van der Waals surface area contributed by atoms with Gasteiger partial charge >= 0.3 is 13.1 Å². The third-order valence-corrected chi connectivity index (χ3v) is 10.2. The predicted octanol–water partition coefficient (Wildman–Crippen LogP) is 11.8. The molecule has 7 heterocycles. The average Bonchev–Trinajstić information content (AvgIpc) is 3.74. The highest BCUT2D eigenvalue weighted by Crippen LogP contribution is 2.38. The highest BCUT2D eigenvalue weighted by molar-refractivity contribution is 6.09. The maximum absolute atomic E-state index is 14.5. The minimum Gasteiger partial charge on any atom is -0.382 e. The first-order chi connectivity index (χ1) is 26.9. The van der Waals surface area contributed by atoms with Gasteiger partial charge in [0.25, 0.3) is 0 Å². The summed E-state index contributed by atoms with van der Waals surface area (Å²) < 4.78 is 71.6. The summed E-state index contributed by atoms with van der Waals surface area (Å²) in [6.07, 6.45) is 11.9. The summed E-state index contributed by atoms with van der Waals surface area (Å²) >= 11 is 0. The van der Waals surface area contributed by atoms with Gasteiger partial charge < -0.3 is 10.6 Å². The molecule has 12 heteroatoms. The minimum atomic E-state index is -2.67. The van der Waals surface area contributed by atoms with Crippen LogP contribution in [0, 0.1) is 5.82 Å². The van der Waals surface area contributed by atoms with Crippen molar-refractivity contribution in [2.45, 2.75) is 52.6 Å². The van der Waals surface area contributed by atoms with Crippen molar-refractivity contribution in [1.82, 2.24) is 24.1 Å². The Morgan fingerprint density at radius 3 is 1.71 bits per heavy atom. The van der Waals surface area contributed by atoms with E-state index in [0.717, 1.165) is 81.2 Å². The van der Waals surface area contributed by atoms with Gasteiger partial charge in [-0.2, -0.15) is 17.6 Å². The highest BCUT2D eigenvalue weighted by atomic mass is 19.3. The molecule has 2 aliphatic heterocycles. The number of anilines is 2. The highest BCUT2D eigenvalue weighted by Gasteiger charge is 2.21. The number of halogens is 5. The summed E-state index contributed by atoms with van der Waals surface area (Å²) in [7, 11) is 0. The number of nitrogens with one attached hydrogen (secondary N) is 2. The van der Waals surface area contributed by atoms with E-state index in [1.807, 2.05) is 50.2 Å². The third kappa shape index (κ3) is 6.49. The van der Waals surface area contributed by atoms with E-state index in [0.29, 0.717) is 49.7 Å². The fourth-order valence-corrected chi connectivity index (χ4v) is 7.79. The van der Waals surface area contributed by atoms with Crippen molar-refractivity contribution >= 4 is 55.1 Å². The fraction of sp³-hybridized carbons (Fsp3) is 0.233. The second-order valence-electron chi connectivity index (χ2n) is 13.3. The normalized spacial score (nSPS) is 13.5. The lowest BCUT2D eigenvalue weighted by Gasteiger charge is -2.19. The molecule has 0 bridgehead atoms. The Morgan fingerprint density at radius 1 is 0.564 bits per heavy atom. The molecule has 7 nitrogen and oxygen atoms in total. The van der Waals surface area contributed by atoms with Gasteiger partial charge in [-0.15, -0.1) is 0 Å². The van der Waals surface area contributed by atoms with Gasteiger partial charge in [-0.05, 0) is 96.0 Å². The monoisotopic (exact) mass is 747 g/mol. The number of alkyl halides is 4. The molecule has 8 aromatic rings. The van der Waals surface area contributed by atoms with Gasteiger partial charge in [-0.25, -0.2) is 9.37 Å². The van der Waals surface area contributed by atoms with Crippen molar-refractivity contribution in [2.24, 2.45) is 0 Å². The van der Waals surface area contributed by atoms with Crippen LogP contribution >= 0.6 is 0 Å². The lowest BCUT2D eigenvalue weighted by atomic mass is 9.96. The number of benzene rings is 3. The molecule has 0 saturated carbocycles. The van der Waals surface area contributed by atoms with E-state index in [4.69, 9.17) is 0 Å². The number of nitrogens with zero attached hydrogens (tertiary/aromatic N) is 5. The van der Waals surface area contributed by atoms with Crippen LogP contribution in [0.25, 0.3) is 65.9 Å². The molecule has 0 atom stereocenters. The van der Waals surface area contributed by atoms with E-state index >= 15 is 0 Å². The Balaban J connectivity index is 0.000000149. The molecule has 0 spiro atoms. The van der Waals surface area contributed by atoms with Crippen molar-refractivity contribution in [3.05, 3.63) is 115 Å². The number of fused-ring (bicyclic) bond motifs is 8. The standard InChI is InChI=1S/C21H16F3N3.C20H16F2N4.C2H6/c22-17-9-14(8-13-2-1-6-26-20(13)17)12-3-4-15-16-11-25-7-5-18(16)27(21(23)24)19(15)10-12;21-20(22)26-17-5-7-23-11-16(17)15-4-3-12(9-18(15)26)14-8-13-2-1-6-24-19(13)25-10-14;1-2/h3-5,7-11,21,26H,1-2,6H2;3-5,7-11,20H,1-2,6H2,(H,24,25);1-2H3. The van der Waals surface area contributed by atoms with Crippen molar-refractivity contribution in [2.75, 3.05) is 23.7 Å². The Morgan fingerprint density at radius 2 is 1.11 bits per heavy atom. The quantitative estimate of drug-likeness (QED) is 0.175. The van der Waals surface area contributed by atoms with Gasteiger partial charge in [-0.3, -0.25) is 19.1 Å². The SMILES string of the molecule is CC.FC(F)n1c2ccncc2c2ccc(-c3cnc4c(c3)CCCN4)cc21.Fc1cc(-c2ccc3c4cnccc4n(C(F)F)c3c2)cc2c1NCCC2. The molecular formula is C43H38F5N7. The Hall–Kier alpha value is -6.04. The molecule has 0 amide bonds. The van der Waals surface area contributed by atoms with Crippen LogP contribution in [0.15, 0.2) is 97.7 Å². The summed E-state index contributed by atoms with van der Waals surface area (Å²) in [5, 5.41) is 9.30. The first-order valence-corrected chi connectivity index (χ1v) is 18.5. The molecule has 0 unspecified atom stereocenters. The van der Waals surface area contributed by atoms with Crippen LogP contribution < -0.4 is 10.6 Å². The number of hydrogen-bond acceptors (Lipinski definition) is 5. The summed E-state index contributed by atoms with van der Waals surface area (Å²) in [6.45, 7) is 0.414. The maximum Gasteiger partial charge on any atom is 0.319 e. The molecule has 0 aliphatic carbocycles. The summed E-state index contributed by atoms with van der Waals surface area (Å²) in [5.41, 5.74) is 7.75.